The number of likely N-dealkylation sites (tertiary alicyclic amines) is 1. The van der Waals surface area contributed by atoms with Gasteiger partial charge in [-0.1, -0.05) is 0 Å². The number of pyridine rings is 2. The van der Waals surface area contributed by atoms with Gasteiger partial charge in [-0.3, -0.25) is 9.78 Å². The number of piperidine rings is 1. The van der Waals surface area contributed by atoms with Crippen molar-refractivity contribution in [3.8, 4) is 5.75 Å². The van der Waals surface area contributed by atoms with Crippen molar-refractivity contribution in [2.24, 2.45) is 0 Å². The zero-order valence-corrected chi connectivity index (χ0v) is 15.0. The minimum atomic E-state index is 0.0269. The number of ether oxygens (including phenoxy) is 1. The molecule has 0 bridgehead atoms. The Bertz CT molecular complexity index is 685. The second-order valence-corrected chi connectivity index (χ2v) is 6.26. The lowest BCUT2D eigenvalue weighted by Gasteiger charge is -2.32. The molecule has 0 radical (unpaired) electrons. The van der Waals surface area contributed by atoms with Crippen molar-refractivity contribution in [1.82, 2.24) is 20.2 Å². The van der Waals surface area contributed by atoms with Gasteiger partial charge in [0.05, 0.1) is 11.8 Å². The third kappa shape index (κ3) is 4.92. The Morgan fingerprint density at radius 3 is 2.73 bits per heavy atom. The molecule has 26 heavy (non-hydrogen) atoms. The molecule has 1 amide bonds. The number of carbonyl (C=O) groups excluding carboxylic acids is 1. The fourth-order valence-corrected chi connectivity index (χ4v) is 2.91. The van der Waals surface area contributed by atoms with E-state index in [-0.39, 0.29) is 12.0 Å². The molecular formula is C19H25N5O2. The van der Waals surface area contributed by atoms with Crippen LogP contribution in [0.1, 0.15) is 23.2 Å². The van der Waals surface area contributed by atoms with E-state index in [0.717, 1.165) is 37.5 Å². The minimum absolute atomic E-state index is 0.0269. The summed E-state index contributed by atoms with van der Waals surface area (Å²) >= 11 is 0. The summed E-state index contributed by atoms with van der Waals surface area (Å²) in [6.45, 7) is 3.03. The number of nitrogens with one attached hydrogen (secondary N) is 2. The summed E-state index contributed by atoms with van der Waals surface area (Å²) in [7, 11) is 1.90. The molecule has 0 unspecified atom stereocenters. The Morgan fingerprint density at radius 1 is 1.23 bits per heavy atom. The van der Waals surface area contributed by atoms with Crippen molar-refractivity contribution in [3.63, 3.8) is 0 Å². The number of hydrogen-bond acceptors (Lipinski definition) is 6. The van der Waals surface area contributed by atoms with Crippen LogP contribution in [0.2, 0.25) is 0 Å². The quantitative estimate of drug-likeness (QED) is 0.737. The van der Waals surface area contributed by atoms with Crippen molar-refractivity contribution in [1.29, 1.82) is 0 Å². The van der Waals surface area contributed by atoms with Gasteiger partial charge in [-0.2, -0.15) is 0 Å². The number of nitrogens with zero attached hydrogens (tertiary/aromatic N) is 3. The molecule has 138 valence electrons. The summed E-state index contributed by atoms with van der Waals surface area (Å²) < 4.78 is 5.93. The van der Waals surface area contributed by atoms with Crippen LogP contribution in [0, 0.1) is 0 Å². The van der Waals surface area contributed by atoms with E-state index >= 15 is 0 Å². The molecular weight excluding hydrogens is 330 g/mol. The summed E-state index contributed by atoms with van der Waals surface area (Å²) in [6.07, 6.45) is 6.84. The first-order valence-corrected chi connectivity index (χ1v) is 8.97. The lowest BCUT2D eigenvalue weighted by atomic mass is 10.1. The molecule has 0 spiro atoms. The van der Waals surface area contributed by atoms with Crippen LogP contribution < -0.4 is 15.4 Å². The van der Waals surface area contributed by atoms with Gasteiger partial charge in [0.25, 0.3) is 5.91 Å². The summed E-state index contributed by atoms with van der Waals surface area (Å²) in [5.74, 6) is 1.59. The molecule has 2 N–H and O–H groups in total. The van der Waals surface area contributed by atoms with E-state index in [2.05, 4.69) is 20.6 Å². The third-order valence-electron chi connectivity index (χ3n) is 4.36. The molecule has 3 heterocycles. The smallest absolute Gasteiger partial charge is 0.255 e. The summed E-state index contributed by atoms with van der Waals surface area (Å²) in [5, 5.41) is 6.26. The van der Waals surface area contributed by atoms with Crippen molar-refractivity contribution in [2.75, 3.05) is 38.5 Å². The molecule has 0 aromatic carbocycles. The van der Waals surface area contributed by atoms with Crippen molar-refractivity contribution in [2.45, 2.75) is 18.9 Å². The van der Waals surface area contributed by atoms with Gasteiger partial charge in [0.2, 0.25) is 0 Å². The molecule has 2 aromatic rings. The molecule has 0 atom stereocenters. The first kappa shape index (κ1) is 18.1. The first-order valence-electron chi connectivity index (χ1n) is 8.97. The van der Waals surface area contributed by atoms with Crippen LogP contribution in [0.15, 0.2) is 42.9 Å². The number of carbonyl (C=O) groups is 1. The molecule has 1 saturated heterocycles. The Kier molecular flexibility index (Phi) is 6.38. The lowest BCUT2D eigenvalue weighted by molar-refractivity contribution is 0.0594. The highest BCUT2D eigenvalue weighted by atomic mass is 16.5. The summed E-state index contributed by atoms with van der Waals surface area (Å²) in [5.41, 5.74) is 0.621. The van der Waals surface area contributed by atoms with Crippen LogP contribution in [0.3, 0.4) is 0 Å². The van der Waals surface area contributed by atoms with Crippen LogP contribution in [-0.2, 0) is 0 Å². The van der Waals surface area contributed by atoms with Gasteiger partial charge in [0.1, 0.15) is 17.7 Å². The fraction of sp³-hybridized carbons (Fsp3) is 0.421. The SMILES string of the molecule is CNCCNc1ccc(C(=O)N2CCC(Oc3cccnc3)CC2)cn1. The maximum atomic E-state index is 12.6. The Hall–Kier alpha value is -2.67. The highest BCUT2D eigenvalue weighted by Gasteiger charge is 2.24. The van der Waals surface area contributed by atoms with Crippen LogP contribution in [0.5, 0.6) is 5.75 Å². The average Bonchev–Trinajstić information content (AvgIpc) is 2.70. The molecule has 1 aliphatic rings. The molecule has 3 rings (SSSR count). The predicted molar refractivity (Wildman–Crippen MR) is 100 cm³/mol. The van der Waals surface area contributed by atoms with Gasteiger partial charge in [-0.25, -0.2) is 4.98 Å². The van der Waals surface area contributed by atoms with E-state index in [9.17, 15) is 4.79 Å². The maximum Gasteiger partial charge on any atom is 0.255 e. The monoisotopic (exact) mass is 355 g/mol. The second-order valence-electron chi connectivity index (χ2n) is 6.26. The van der Waals surface area contributed by atoms with Gasteiger partial charge in [-0.15, -0.1) is 0 Å². The van der Waals surface area contributed by atoms with Crippen LogP contribution in [0.4, 0.5) is 5.82 Å². The first-order chi connectivity index (χ1) is 12.8. The second kappa shape index (κ2) is 9.15. The predicted octanol–water partition coefficient (Wildman–Crippen LogP) is 1.79. The van der Waals surface area contributed by atoms with E-state index < -0.39 is 0 Å². The molecule has 7 nitrogen and oxygen atoms in total. The highest BCUT2D eigenvalue weighted by molar-refractivity contribution is 5.94. The van der Waals surface area contributed by atoms with Crippen LogP contribution in [0.25, 0.3) is 0 Å². The molecule has 7 heteroatoms. The third-order valence-corrected chi connectivity index (χ3v) is 4.36. The summed E-state index contributed by atoms with van der Waals surface area (Å²) in [6, 6.07) is 7.44. The summed E-state index contributed by atoms with van der Waals surface area (Å²) in [4.78, 5) is 22.9. The Morgan fingerprint density at radius 2 is 2.08 bits per heavy atom. The molecule has 1 aliphatic heterocycles. The minimum Gasteiger partial charge on any atom is -0.489 e. The van der Waals surface area contributed by atoms with E-state index in [1.807, 2.05) is 36.2 Å². The zero-order valence-electron chi connectivity index (χ0n) is 15.0. The van der Waals surface area contributed by atoms with Gasteiger partial charge in [0.15, 0.2) is 0 Å². The van der Waals surface area contributed by atoms with E-state index in [0.29, 0.717) is 18.7 Å². The molecule has 0 aliphatic carbocycles. The lowest BCUT2D eigenvalue weighted by Crippen LogP contribution is -2.41. The number of aromatic nitrogens is 2. The van der Waals surface area contributed by atoms with E-state index in [1.165, 1.54) is 0 Å². The average molecular weight is 355 g/mol. The van der Waals surface area contributed by atoms with Crippen molar-refractivity contribution >= 4 is 11.7 Å². The highest BCUT2D eigenvalue weighted by Crippen LogP contribution is 2.19. The number of anilines is 1. The molecule has 0 saturated carbocycles. The zero-order chi connectivity index (χ0) is 18.2. The van der Waals surface area contributed by atoms with Gasteiger partial charge >= 0.3 is 0 Å². The Balaban J connectivity index is 1.48. The Labute approximate surface area is 153 Å². The van der Waals surface area contributed by atoms with Gasteiger partial charge in [0, 0.05) is 51.4 Å². The standard InChI is InChI=1S/C19H25N5O2/c1-20-9-10-22-18-5-4-15(13-23-18)19(25)24-11-6-16(7-12-24)26-17-3-2-8-21-14-17/h2-5,8,13-14,16,20H,6-7,9-12H2,1H3,(H,22,23). The fourth-order valence-electron chi connectivity index (χ4n) is 2.91. The molecule has 2 aromatic heterocycles. The maximum absolute atomic E-state index is 12.6. The van der Waals surface area contributed by atoms with Crippen molar-refractivity contribution in [3.05, 3.63) is 48.4 Å². The van der Waals surface area contributed by atoms with Crippen LogP contribution >= 0.6 is 0 Å². The number of rotatable bonds is 7. The number of amides is 1. The van der Waals surface area contributed by atoms with Crippen LogP contribution in [-0.4, -0.2) is 60.1 Å². The van der Waals surface area contributed by atoms with Gasteiger partial charge < -0.3 is 20.3 Å². The number of hydrogen-bond donors (Lipinski definition) is 2. The normalized spacial score (nSPS) is 14.9. The largest absolute Gasteiger partial charge is 0.489 e. The van der Waals surface area contributed by atoms with E-state index in [1.54, 1.807) is 18.6 Å². The molecule has 1 fully saturated rings. The topological polar surface area (TPSA) is 79.4 Å². The van der Waals surface area contributed by atoms with E-state index in [4.69, 9.17) is 4.74 Å². The van der Waals surface area contributed by atoms with Gasteiger partial charge in [-0.05, 0) is 31.3 Å². The van der Waals surface area contributed by atoms with Crippen molar-refractivity contribution < 1.29 is 9.53 Å². The number of likely N-dealkylation sites (N-methyl/N-ethyl adjacent to an activating group) is 1.